The van der Waals surface area contributed by atoms with E-state index in [0.29, 0.717) is 42.5 Å². The van der Waals surface area contributed by atoms with E-state index in [1.807, 2.05) is 13.1 Å². The molecule has 0 bridgehead atoms. The molecule has 1 saturated carbocycles. The quantitative estimate of drug-likeness (QED) is 0.575. The Balaban J connectivity index is 1.35. The van der Waals surface area contributed by atoms with Crippen LogP contribution in [-0.2, 0) is 21.3 Å². The zero-order chi connectivity index (χ0) is 20.3. The third-order valence-corrected chi connectivity index (χ3v) is 9.94. The Kier molecular flexibility index (Phi) is 6.48. The van der Waals surface area contributed by atoms with Crippen LogP contribution in [0.25, 0.3) is 0 Å². The van der Waals surface area contributed by atoms with Crippen LogP contribution in [0.3, 0.4) is 0 Å². The summed E-state index contributed by atoms with van der Waals surface area (Å²) in [5.74, 6) is 0.929. The lowest BCUT2D eigenvalue weighted by Gasteiger charge is -2.33. The number of rotatable bonds is 4. The van der Waals surface area contributed by atoms with Crippen molar-refractivity contribution in [1.29, 1.82) is 0 Å². The summed E-state index contributed by atoms with van der Waals surface area (Å²) in [5, 5.41) is 3.45. The molecule has 0 amide bonds. The summed E-state index contributed by atoms with van der Waals surface area (Å²) >= 11 is 1.34. The van der Waals surface area contributed by atoms with Gasteiger partial charge in [0.15, 0.2) is 5.96 Å². The third kappa shape index (κ3) is 4.62. The standard InChI is InChI=1S/C20H32N4O3S2/c1-21-19(23-10-9-20(16-23)7-3-2-4-8-20)22-15-17-5-6-18(28-17)29(25,26)24-11-13-27-14-12-24/h5-6H,2-4,7-16H2,1H3,(H,21,22). The van der Waals surface area contributed by atoms with Gasteiger partial charge in [-0.05, 0) is 36.8 Å². The van der Waals surface area contributed by atoms with E-state index in [1.54, 1.807) is 6.07 Å². The van der Waals surface area contributed by atoms with E-state index >= 15 is 0 Å². The second-order valence-corrected chi connectivity index (χ2v) is 11.7. The van der Waals surface area contributed by atoms with Gasteiger partial charge in [-0.1, -0.05) is 19.3 Å². The van der Waals surface area contributed by atoms with E-state index in [4.69, 9.17) is 4.74 Å². The van der Waals surface area contributed by atoms with Crippen LogP contribution in [0.2, 0.25) is 0 Å². The molecule has 29 heavy (non-hydrogen) atoms. The molecule has 3 heterocycles. The average Bonchev–Trinajstić information content (AvgIpc) is 3.38. The Labute approximate surface area is 178 Å². The fraction of sp³-hybridized carbons (Fsp3) is 0.750. The fourth-order valence-corrected chi connectivity index (χ4v) is 7.69. The minimum atomic E-state index is -3.42. The molecular formula is C20H32N4O3S2. The topological polar surface area (TPSA) is 74.2 Å². The summed E-state index contributed by atoms with van der Waals surface area (Å²) < 4.78 is 32.8. The smallest absolute Gasteiger partial charge is 0.252 e. The Bertz CT molecular complexity index is 825. The summed E-state index contributed by atoms with van der Waals surface area (Å²) in [5.41, 5.74) is 0.484. The molecule has 9 heteroatoms. The fourth-order valence-electron chi connectivity index (χ4n) is 4.83. The van der Waals surface area contributed by atoms with E-state index in [1.165, 1.54) is 54.2 Å². The van der Waals surface area contributed by atoms with Crippen LogP contribution in [0.5, 0.6) is 0 Å². The van der Waals surface area contributed by atoms with Crippen molar-refractivity contribution in [3.8, 4) is 0 Å². The van der Waals surface area contributed by atoms with Gasteiger partial charge in [0.1, 0.15) is 4.21 Å². The van der Waals surface area contributed by atoms with E-state index < -0.39 is 10.0 Å². The highest BCUT2D eigenvalue weighted by molar-refractivity contribution is 7.91. The number of nitrogens with one attached hydrogen (secondary N) is 1. The van der Waals surface area contributed by atoms with Gasteiger partial charge in [-0.15, -0.1) is 11.3 Å². The van der Waals surface area contributed by atoms with Gasteiger partial charge in [-0.2, -0.15) is 4.31 Å². The molecule has 0 aromatic carbocycles. The molecule has 4 rings (SSSR count). The van der Waals surface area contributed by atoms with Crippen molar-refractivity contribution in [2.45, 2.75) is 49.3 Å². The van der Waals surface area contributed by atoms with Crippen molar-refractivity contribution >= 4 is 27.3 Å². The molecule has 1 spiro atoms. The molecule has 1 aliphatic carbocycles. The van der Waals surface area contributed by atoms with Gasteiger partial charge >= 0.3 is 0 Å². The Morgan fingerprint density at radius 3 is 2.66 bits per heavy atom. The molecule has 1 N–H and O–H groups in total. The van der Waals surface area contributed by atoms with E-state index in [9.17, 15) is 8.42 Å². The van der Waals surface area contributed by atoms with Gasteiger partial charge in [-0.3, -0.25) is 4.99 Å². The monoisotopic (exact) mass is 440 g/mol. The SMILES string of the molecule is CN=C(NCc1ccc(S(=O)(=O)N2CCOCC2)s1)N1CCC2(CCCCC2)C1. The van der Waals surface area contributed by atoms with Crippen LogP contribution < -0.4 is 5.32 Å². The second-order valence-electron chi connectivity index (χ2n) is 8.37. The van der Waals surface area contributed by atoms with Crippen LogP contribution in [0.1, 0.15) is 43.4 Å². The number of sulfonamides is 1. The summed E-state index contributed by atoms with van der Waals surface area (Å²) in [4.78, 5) is 7.87. The predicted molar refractivity (Wildman–Crippen MR) is 116 cm³/mol. The molecule has 0 radical (unpaired) electrons. The van der Waals surface area contributed by atoms with E-state index in [2.05, 4.69) is 15.2 Å². The van der Waals surface area contributed by atoms with Gasteiger partial charge < -0.3 is 15.0 Å². The molecule has 2 aliphatic heterocycles. The summed E-state index contributed by atoms with van der Waals surface area (Å²) in [6.45, 7) is 4.53. The van der Waals surface area contributed by atoms with Gasteiger partial charge in [-0.25, -0.2) is 8.42 Å². The number of likely N-dealkylation sites (tertiary alicyclic amines) is 1. The Hall–Kier alpha value is -1.16. The van der Waals surface area contributed by atoms with Crippen molar-refractivity contribution in [3.05, 3.63) is 17.0 Å². The molecule has 162 valence electrons. The van der Waals surface area contributed by atoms with E-state index in [-0.39, 0.29) is 0 Å². The van der Waals surface area contributed by atoms with Gasteiger partial charge in [0.25, 0.3) is 10.0 Å². The van der Waals surface area contributed by atoms with Crippen LogP contribution in [0, 0.1) is 5.41 Å². The molecule has 3 fully saturated rings. The lowest BCUT2D eigenvalue weighted by atomic mass is 9.73. The predicted octanol–water partition coefficient (Wildman–Crippen LogP) is 2.50. The zero-order valence-electron chi connectivity index (χ0n) is 17.2. The second kappa shape index (κ2) is 8.91. The Morgan fingerprint density at radius 1 is 1.17 bits per heavy atom. The highest BCUT2D eigenvalue weighted by atomic mass is 32.2. The first-order valence-electron chi connectivity index (χ1n) is 10.6. The lowest BCUT2D eigenvalue weighted by molar-refractivity contribution is 0.0731. The molecule has 2 saturated heterocycles. The number of hydrogen-bond acceptors (Lipinski definition) is 5. The van der Waals surface area contributed by atoms with Crippen molar-refractivity contribution < 1.29 is 13.2 Å². The number of nitrogens with zero attached hydrogens (tertiary/aromatic N) is 3. The minimum Gasteiger partial charge on any atom is -0.379 e. The number of morpholine rings is 1. The lowest BCUT2D eigenvalue weighted by Crippen LogP contribution is -2.41. The molecule has 1 aromatic heterocycles. The summed E-state index contributed by atoms with van der Waals surface area (Å²) in [6, 6.07) is 3.63. The first kappa shape index (κ1) is 21.1. The molecular weight excluding hydrogens is 408 g/mol. The van der Waals surface area contributed by atoms with E-state index in [0.717, 1.165) is 23.9 Å². The number of hydrogen-bond donors (Lipinski definition) is 1. The van der Waals surface area contributed by atoms with Crippen LogP contribution in [0.4, 0.5) is 0 Å². The first-order chi connectivity index (χ1) is 14.0. The molecule has 0 atom stereocenters. The summed E-state index contributed by atoms with van der Waals surface area (Å²) in [7, 11) is -1.59. The van der Waals surface area contributed by atoms with Gasteiger partial charge in [0.05, 0.1) is 19.8 Å². The minimum absolute atomic E-state index is 0.411. The van der Waals surface area contributed by atoms with Gasteiger partial charge in [0, 0.05) is 38.1 Å². The molecule has 3 aliphatic rings. The Morgan fingerprint density at radius 2 is 1.93 bits per heavy atom. The maximum atomic E-state index is 12.8. The third-order valence-electron chi connectivity index (χ3n) is 6.49. The van der Waals surface area contributed by atoms with Crippen LogP contribution >= 0.6 is 11.3 Å². The molecule has 1 aromatic rings. The maximum absolute atomic E-state index is 12.8. The normalized spacial score (nSPS) is 23.6. The number of guanidine groups is 1. The average molecular weight is 441 g/mol. The number of thiophene rings is 1. The van der Waals surface area contributed by atoms with Gasteiger partial charge in [0.2, 0.25) is 0 Å². The van der Waals surface area contributed by atoms with Crippen molar-refractivity contribution in [2.24, 2.45) is 10.4 Å². The zero-order valence-corrected chi connectivity index (χ0v) is 18.9. The van der Waals surface area contributed by atoms with Crippen molar-refractivity contribution in [3.63, 3.8) is 0 Å². The largest absolute Gasteiger partial charge is 0.379 e. The molecule has 7 nitrogen and oxygen atoms in total. The highest BCUT2D eigenvalue weighted by Gasteiger charge is 2.39. The van der Waals surface area contributed by atoms with Crippen molar-refractivity contribution in [2.75, 3.05) is 46.4 Å². The van der Waals surface area contributed by atoms with Crippen LogP contribution in [-0.4, -0.2) is 70.0 Å². The van der Waals surface area contributed by atoms with Crippen LogP contribution in [0.15, 0.2) is 21.3 Å². The number of ether oxygens (including phenoxy) is 1. The number of aliphatic imine (C=N–C) groups is 1. The maximum Gasteiger partial charge on any atom is 0.252 e. The summed E-state index contributed by atoms with van der Waals surface area (Å²) in [6.07, 6.45) is 8.03. The first-order valence-corrected chi connectivity index (χ1v) is 12.9. The highest BCUT2D eigenvalue weighted by Crippen LogP contribution is 2.43. The molecule has 0 unspecified atom stereocenters. The van der Waals surface area contributed by atoms with Crippen molar-refractivity contribution in [1.82, 2.24) is 14.5 Å².